The second-order valence-electron chi connectivity index (χ2n) is 4.52. The van der Waals surface area contributed by atoms with Crippen molar-refractivity contribution in [1.29, 1.82) is 0 Å². The summed E-state index contributed by atoms with van der Waals surface area (Å²) in [6, 6.07) is 0.111. The molecule has 1 saturated heterocycles. The number of nitrogens with zero attached hydrogens (tertiary/aromatic N) is 1. The topological polar surface area (TPSA) is 41.6 Å². The van der Waals surface area contributed by atoms with E-state index in [4.69, 9.17) is 4.74 Å². The van der Waals surface area contributed by atoms with E-state index in [0.717, 1.165) is 6.54 Å². The van der Waals surface area contributed by atoms with Gasteiger partial charge in [0.25, 0.3) is 0 Å². The molecule has 1 aliphatic rings. The van der Waals surface area contributed by atoms with Crippen LogP contribution in [0.2, 0.25) is 0 Å². The van der Waals surface area contributed by atoms with E-state index in [1.54, 1.807) is 11.9 Å². The quantitative estimate of drug-likeness (QED) is 0.724. The Bertz CT molecular complexity index is 216. The molecule has 1 rings (SSSR count). The van der Waals surface area contributed by atoms with Gasteiger partial charge in [0, 0.05) is 19.0 Å². The summed E-state index contributed by atoms with van der Waals surface area (Å²) in [5, 5.41) is 2.98. The lowest BCUT2D eigenvalue weighted by atomic mass is 9.88. The maximum atomic E-state index is 11.6. The van der Waals surface area contributed by atoms with E-state index in [1.165, 1.54) is 0 Å². The number of hydrogen-bond acceptors (Lipinski definition) is 2. The minimum Gasteiger partial charge on any atom is -0.379 e. The number of nitrogens with one attached hydrogen (secondary N) is 1. The molecule has 1 aliphatic heterocycles. The molecule has 4 heteroatoms. The van der Waals surface area contributed by atoms with Gasteiger partial charge in [-0.25, -0.2) is 4.79 Å². The van der Waals surface area contributed by atoms with Gasteiger partial charge in [-0.2, -0.15) is 0 Å². The smallest absolute Gasteiger partial charge is 0.317 e. The maximum absolute atomic E-state index is 11.6. The van der Waals surface area contributed by atoms with Gasteiger partial charge >= 0.3 is 6.03 Å². The van der Waals surface area contributed by atoms with Gasteiger partial charge in [0.2, 0.25) is 0 Å². The summed E-state index contributed by atoms with van der Waals surface area (Å²) in [6.07, 6.45) is 0. The van der Waals surface area contributed by atoms with E-state index in [9.17, 15) is 4.79 Å². The molecule has 0 aromatic rings. The van der Waals surface area contributed by atoms with Gasteiger partial charge < -0.3 is 15.0 Å². The molecule has 1 heterocycles. The molecule has 2 amide bonds. The van der Waals surface area contributed by atoms with Crippen molar-refractivity contribution in [2.45, 2.75) is 26.8 Å². The summed E-state index contributed by atoms with van der Waals surface area (Å²) >= 11 is 0. The SMILES string of the molecule is CCN(C)C(=O)NC1COCC1(C)C. The fourth-order valence-corrected chi connectivity index (χ4v) is 1.41. The number of carbonyl (C=O) groups excluding carboxylic acids is 1. The molecular weight excluding hydrogens is 180 g/mol. The Labute approximate surface area is 85.6 Å². The summed E-state index contributed by atoms with van der Waals surface area (Å²) in [5.74, 6) is 0. The van der Waals surface area contributed by atoms with Crippen LogP contribution in [0.4, 0.5) is 4.79 Å². The number of carbonyl (C=O) groups is 1. The van der Waals surface area contributed by atoms with E-state index >= 15 is 0 Å². The summed E-state index contributed by atoms with van der Waals surface area (Å²) in [6.45, 7) is 8.23. The third-order valence-electron chi connectivity index (χ3n) is 2.82. The predicted molar refractivity (Wildman–Crippen MR) is 55.2 cm³/mol. The first kappa shape index (κ1) is 11.3. The van der Waals surface area contributed by atoms with Crippen molar-refractivity contribution in [2.75, 3.05) is 26.8 Å². The van der Waals surface area contributed by atoms with Crippen molar-refractivity contribution in [3.8, 4) is 0 Å². The third-order valence-corrected chi connectivity index (χ3v) is 2.82. The summed E-state index contributed by atoms with van der Waals surface area (Å²) in [4.78, 5) is 13.2. The van der Waals surface area contributed by atoms with Crippen molar-refractivity contribution in [2.24, 2.45) is 5.41 Å². The van der Waals surface area contributed by atoms with Crippen LogP contribution >= 0.6 is 0 Å². The van der Waals surface area contributed by atoms with Crippen LogP contribution in [0, 0.1) is 5.41 Å². The lowest BCUT2D eigenvalue weighted by Gasteiger charge is -2.27. The largest absolute Gasteiger partial charge is 0.379 e. The van der Waals surface area contributed by atoms with Crippen LogP contribution in [0.25, 0.3) is 0 Å². The molecular formula is C10H20N2O2. The van der Waals surface area contributed by atoms with E-state index in [1.807, 2.05) is 6.92 Å². The van der Waals surface area contributed by atoms with E-state index in [0.29, 0.717) is 13.2 Å². The highest BCUT2D eigenvalue weighted by molar-refractivity contribution is 5.74. The molecule has 0 aliphatic carbocycles. The van der Waals surface area contributed by atoms with E-state index in [-0.39, 0.29) is 17.5 Å². The zero-order valence-corrected chi connectivity index (χ0v) is 9.46. The fourth-order valence-electron chi connectivity index (χ4n) is 1.41. The molecule has 0 aromatic heterocycles. The number of urea groups is 1. The zero-order chi connectivity index (χ0) is 10.8. The van der Waals surface area contributed by atoms with Crippen molar-refractivity contribution in [3.05, 3.63) is 0 Å². The van der Waals surface area contributed by atoms with Crippen molar-refractivity contribution < 1.29 is 9.53 Å². The van der Waals surface area contributed by atoms with Crippen molar-refractivity contribution in [3.63, 3.8) is 0 Å². The first-order chi connectivity index (χ1) is 6.47. The Morgan fingerprint density at radius 2 is 2.29 bits per heavy atom. The Morgan fingerprint density at radius 1 is 1.64 bits per heavy atom. The third kappa shape index (κ3) is 2.38. The molecule has 14 heavy (non-hydrogen) atoms. The predicted octanol–water partition coefficient (Wildman–Crippen LogP) is 1.07. The van der Waals surface area contributed by atoms with Gasteiger partial charge in [0.1, 0.15) is 0 Å². The van der Waals surface area contributed by atoms with E-state index in [2.05, 4.69) is 19.2 Å². The van der Waals surface area contributed by atoms with Crippen LogP contribution in [0.1, 0.15) is 20.8 Å². The molecule has 1 unspecified atom stereocenters. The molecule has 0 radical (unpaired) electrons. The van der Waals surface area contributed by atoms with Gasteiger partial charge in [-0.15, -0.1) is 0 Å². The average Bonchev–Trinajstić information content (AvgIpc) is 2.44. The van der Waals surface area contributed by atoms with E-state index < -0.39 is 0 Å². The van der Waals surface area contributed by atoms with Gasteiger partial charge in [-0.3, -0.25) is 0 Å². The minimum absolute atomic E-state index is 0.0175. The number of hydrogen-bond donors (Lipinski definition) is 1. The average molecular weight is 200 g/mol. The lowest BCUT2D eigenvalue weighted by molar-refractivity contribution is 0.166. The minimum atomic E-state index is -0.0175. The van der Waals surface area contributed by atoms with Gasteiger partial charge in [-0.05, 0) is 6.92 Å². The molecule has 82 valence electrons. The Kier molecular flexibility index (Phi) is 3.37. The summed E-state index contributed by atoms with van der Waals surface area (Å²) in [7, 11) is 1.79. The normalized spacial score (nSPS) is 24.7. The maximum Gasteiger partial charge on any atom is 0.317 e. The van der Waals surface area contributed by atoms with Crippen LogP contribution in [-0.2, 0) is 4.74 Å². The lowest BCUT2D eigenvalue weighted by Crippen LogP contribution is -2.48. The Morgan fingerprint density at radius 3 is 2.71 bits per heavy atom. The molecule has 0 saturated carbocycles. The Balaban J connectivity index is 2.48. The highest BCUT2D eigenvalue weighted by Crippen LogP contribution is 2.27. The van der Waals surface area contributed by atoms with Crippen LogP contribution in [-0.4, -0.2) is 43.8 Å². The zero-order valence-electron chi connectivity index (χ0n) is 9.46. The number of rotatable bonds is 2. The van der Waals surface area contributed by atoms with Gasteiger partial charge in [0.05, 0.1) is 19.3 Å². The molecule has 0 aromatic carbocycles. The second-order valence-corrected chi connectivity index (χ2v) is 4.52. The second kappa shape index (κ2) is 4.17. The van der Waals surface area contributed by atoms with Crippen molar-refractivity contribution in [1.82, 2.24) is 10.2 Å². The molecule has 1 N–H and O–H groups in total. The summed E-state index contributed by atoms with van der Waals surface area (Å²) in [5.41, 5.74) is 0.0459. The highest BCUT2D eigenvalue weighted by Gasteiger charge is 2.36. The summed E-state index contributed by atoms with van der Waals surface area (Å²) < 4.78 is 5.35. The monoisotopic (exact) mass is 200 g/mol. The van der Waals surface area contributed by atoms with Crippen LogP contribution < -0.4 is 5.32 Å². The van der Waals surface area contributed by atoms with Crippen LogP contribution in [0.15, 0.2) is 0 Å². The molecule has 4 nitrogen and oxygen atoms in total. The Hall–Kier alpha value is -0.770. The first-order valence-corrected chi connectivity index (χ1v) is 5.06. The highest BCUT2D eigenvalue weighted by atomic mass is 16.5. The molecule has 0 bridgehead atoms. The van der Waals surface area contributed by atoms with Crippen LogP contribution in [0.5, 0.6) is 0 Å². The van der Waals surface area contributed by atoms with Gasteiger partial charge in [0.15, 0.2) is 0 Å². The van der Waals surface area contributed by atoms with Crippen LogP contribution in [0.3, 0.4) is 0 Å². The molecule has 1 fully saturated rings. The van der Waals surface area contributed by atoms with Gasteiger partial charge in [-0.1, -0.05) is 13.8 Å². The first-order valence-electron chi connectivity index (χ1n) is 5.06. The standard InChI is InChI=1S/C10H20N2O2/c1-5-12(4)9(13)11-8-6-14-7-10(8,2)3/h8H,5-7H2,1-4H3,(H,11,13). The van der Waals surface area contributed by atoms with Crippen molar-refractivity contribution >= 4 is 6.03 Å². The number of ether oxygens (including phenoxy) is 1. The number of amides is 2. The fraction of sp³-hybridized carbons (Fsp3) is 0.900. The molecule has 0 spiro atoms. The molecule has 1 atom stereocenters.